The second-order valence-corrected chi connectivity index (χ2v) is 4.60. The van der Waals surface area contributed by atoms with Gasteiger partial charge in [-0.05, 0) is 31.4 Å². The number of benzene rings is 1. The molecule has 4 heteroatoms. The van der Waals surface area contributed by atoms with Crippen molar-refractivity contribution < 1.29 is 13.9 Å². The van der Waals surface area contributed by atoms with E-state index in [2.05, 4.69) is 5.32 Å². The first-order chi connectivity index (χ1) is 8.75. The van der Waals surface area contributed by atoms with Crippen molar-refractivity contribution in [2.75, 3.05) is 26.4 Å². The lowest BCUT2D eigenvalue weighted by Crippen LogP contribution is -2.37. The molecular weight excluding hydrogens is 233 g/mol. The van der Waals surface area contributed by atoms with Crippen LogP contribution in [0.2, 0.25) is 0 Å². The summed E-state index contributed by atoms with van der Waals surface area (Å²) in [4.78, 5) is 0. The highest BCUT2D eigenvalue weighted by Crippen LogP contribution is 2.18. The average Bonchev–Trinajstić information content (AvgIpc) is 2.40. The van der Waals surface area contributed by atoms with Crippen molar-refractivity contribution in [3.63, 3.8) is 0 Å². The fourth-order valence-corrected chi connectivity index (χ4v) is 2.06. The van der Waals surface area contributed by atoms with E-state index in [1.165, 1.54) is 12.1 Å². The zero-order chi connectivity index (χ0) is 12.8. The number of rotatable bonds is 5. The maximum Gasteiger partial charge on any atom is 0.126 e. The van der Waals surface area contributed by atoms with Gasteiger partial charge in [-0.3, -0.25) is 0 Å². The van der Waals surface area contributed by atoms with Crippen LogP contribution < -0.4 is 10.1 Å². The van der Waals surface area contributed by atoms with Gasteiger partial charge in [-0.2, -0.15) is 0 Å². The fourth-order valence-electron chi connectivity index (χ4n) is 2.06. The van der Waals surface area contributed by atoms with Crippen LogP contribution in [0.4, 0.5) is 4.39 Å². The normalized spacial score (nSPS) is 16.8. The van der Waals surface area contributed by atoms with Gasteiger partial charge < -0.3 is 14.8 Å². The van der Waals surface area contributed by atoms with Gasteiger partial charge in [-0.25, -0.2) is 4.39 Å². The number of hydrogen-bond donors (Lipinski definition) is 1. The molecule has 1 aromatic carbocycles. The van der Waals surface area contributed by atoms with Crippen molar-refractivity contribution in [1.82, 2.24) is 5.32 Å². The number of nitrogens with one attached hydrogen (secondary N) is 1. The van der Waals surface area contributed by atoms with Crippen LogP contribution in [0.5, 0.6) is 5.75 Å². The number of ether oxygens (including phenoxy) is 2. The van der Waals surface area contributed by atoms with Crippen LogP contribution >= 0.6 is 0 Å². The van der Waals surface area contributed by atoms with E-state index >= 15 is 0 Å². The van der Waals surface area contributed by atoms with Crippen molar-refractivity contribution in [3.8, 4) is 5.75 Å². The quantitative estimate of drug-likeness (QED) is 0.817. The van der Waals surface area contributed by atoms with E-state index in [1.54, 1.807) is 6.07 Å². The van der Waals surface area contributed by atoms with Gasteiger partial charge in [-0.15, -0.1) is 0 Å². The van der Waals surface area contributed by atoms with Gasteiger partial charge in [0.05, 0.1) is 0 Å². The Kier molecular flexibility index (Phi) is 4.96. The standard InChI is InChI=1S/C14H20FNO2/c1-11-2-3-12(15)10-14(11)18-9-6-16-13-4-7-17-8-5-13/h2-3,10,13,16H,4-9H2,1H3. The van der Waals surface area contributed by atoms with Gasteiger partial charge in [0.25, 0.3) is 0 Å². The molecule has 1 aromatic rings. The lowest BCUT2D eigenvalue weighted by molar-refractivity contribution is 0.0770. The van der Waals surface area contributed by atoms with Gasteiger partial charge in [0.1, 0.15) is 18.2 Å². The Hall–Kier alpha value is -1.13. The molecule has 0 aliphatic carbocycles. The molecule has 1 heterocycles. The SMILES string of the molecule is Cc1ccc(F)cc1OCCNC1CCOCC1. The summed E-state index contributed by atoms with van der Waals surface area (Å²) < 4.78 is 23.9. The molecule has 1 aliphatic heterocycles. The van der Waals surface area contributed by atoms with Crippen LogP contribution in [0.25, 0.3) is 0 Å². The third-order valence-corrected chi connectivity index (χ3v) is 3.16. The Bertz CT molecular complexity index is 378. The van der Waals surface area contributed by atoms with Crippen LogP contribution in [-0.4, -0.2) is 32.4 Å². The zero-order valence-corrected chi connectivity index (χ0v) is 10.7. The number of hydrogen-bond acceptors (Lipinski definition) is 3. The van der Waals surface area contributed by atoms with E-state index in [-0.39, 0.29) is 5.82 Å². The maximum atomic E-state index is 13.0. The van der Waals surface area contributed by atoms with Crippen LogP contribution in [0.3, 0.4) is 0 Å². The molecule has 0 bridgehead atoms. The molecule has 1 aliphatic rings. The van der Waals surface area contributed by atoms with E-state index in [1.807, 2.05) is 6.92 Å². The molecular formula is C14H20FNO2. The van der Waals surface area contributed by atoms with Crippen molar-refractivity contribution in [2.45, 2.75) is 25.8 Å². The minimum Gasteiger partial charge on any atom is -0.492 e. The molecule has 1 fully saturated rings. The molecule has 0 saturated carbocycles. The molecule has 3 nitrogen and oxygen atoms in total. The van der Waals surface area contributed by atoms with Gasteiger partial charge in [0.15, 0.2) is 0 Å². The Labute approximate surface area is 107 Å². The average molecular weight is 253 g/mol. The maximum absolute atomic E-state index is 13.0. The molecule has 0 amide bonds. The Morgan fingerprint density at radius 1 is 1.39 bits per heavy atom. The topological polar surface area (TPSA) is 30.5 Å². The largest absolute Gasteiger partial charge is 0.492 e. The minimum absolute atomic E-state index is 0.256. The lowest BCUT2D eigenvalue weighted by Gasteiger charge is -2.23. The van der Waals surface area contributed by atoms with E-state index in [9.17, 15) is 4.39 Å². The number of halogens is 1. The van der Waals surface area contributed by atoms with Crippen molar-refractivity contribution in [3.05, 3.63) is 29.6 Å². The Morgan fingerprint density at radius 2 is 2.17 bits per heavy atom. The minimum atomic E-state index is -0.256. The fraction of sp³-hybridized carbons (Fsp3) is 0.571. The van der Waals surface area contributed by atoms with Gasteiger partial charge in [0.2, 0.25) is 0 Å². The van der Waals surface area contributed by atoms with Crippen molar-refractivity contribution >= 4 is 0 Å². The van der Waals surface area contributed by atoms with Gasteiger partial charge >= 0.3 is 0 Å². The number of aryl methyl sites for hydroxylation is 1. The van der Waals surface area contributed by atoms with Gasteiger partial charge in [-0.1, -0.05) is 6.07 Å². The molecule has 100 valence electrons. The molecule has 0 radical (unpaired) electrons. The summed E-state index contributed by atoms with van der Waals surface area (Å²) in [6.07, 6.45) is 2.11. The van der Waals surface area contributed by atoms with E-state index in [0.29, 0.717) is 18.4 Å². The summed E-state index contributed by atoms with van der Waals surface area (Å²) in [5.41, 5.74) is 0.961. The van der Waals surface area contributed by atoms with Crippen LogP contribution in [0.15, 0.2) is 18.2 Å². The third kappa shape index (κ3) is 3.96. The first-order valence-corrected chi connectivity index (χ1v) is 6.46. The van der Waals surface area contributed by atoms with Crippen molar-refractivity contribution in [2.24, 2.45) is 0 Å². The van der Waals surface area contributed by atoms with Crippen molar-refractivity contribution in [1.29, 1.82) is 0 Å². The molecule has 0 aromatic heterocycles. The van der Waals surface area contributed by atoms with E-state index < -0.39 is 0 Å². The summed E-state index contributed by atoms with van der Waals surface area (Å²) in [6.45, 7) is 4.92. The van der Waals surface area contributed by atoms with Crippen LogP contribution in [-0.2, 0) is 4.74 Å². The van der Waals surface area contributed by atoms with E-state index in [0.717, 1.165) is 38.2 Å². The summed E-state index contributed by atoms with van der Waals surface area (Å²) in [5, 5.41) is 3.43. The van der Waals surface area contributed by atoms with E-state index in [4.69, 9.17) is 9.47 Å². The monoisotopic (exact) mass is 253 g/mol. The first kappa shape index (κ1) is 13.3. The third-order valence-electron chi connectivity index (χ3n) is 3.16. The second kappa shape index (κ2) is 6.71. The zero-order valence-electron chi connectivity index (χ0n) is 10.7. The van der Waals surface area contributed by atoms with Gasteiger partial charge in [0, 0.05) is 31.9 Å². The molecule has 1 N–H and O–H groups in total. The summed E-state index contributed by atoms with van der Waals surface area (Å²) in [5.74, 6) is 0.372. The Balaban J connectivity index is 1.69. The Morgan fingerprint density at radius 3 is 2.94 bits per heavy atom. The highest BCUT2D eigenvalue weighted by molar-refractivity contribution is 5.32. The summed E-state index contributed by atoms with van der Waals surface area (Å²) in [6, 6.07) is 5.14. The molecule has 2 rings (SSSR count). The lowest BCUT2D eigenvalue weighted by atomic mass is 10.1. The molecule has 1 saturated heterocycles. The predicted octanol–water partition coefficient (Wildman–Crippen LogP) is 2.28. The highest BCUT2D eigenvalue weighted by atomic mass is 19.1. The second-order valence-electron chi connectivity index (χ2n) is 4.60. The molecule has 0 spiro atoms. The first-order valence-electron chi connectivity index (χ1n) is 6.46. The molecule has 18 heavy (non-hydrogen) atoms. The smallest absolute Gasteiger partial charge is 0.126 e. The highest BCUT2D eigenvalue weighted by Gasteiger charge is 2.12. The van der Waals surface area contributed by atoms with Crippen LogP contribution in [0.1, 0.15) is 18.4 Å². The molecule has 0 atom stereocenters. The molecule has 0 unspecified atom stereocenters. The predicted molar refractivity (Wildman–Crippen MR) is 68.5 cm³/mol. The van der Waals surface area contributed by atoms with Crippen LogP contribution in [0, 0.1) is 12.7 Å². The summed E-state index contributed by atoms with van der Waals surface area (Å²) >= 11 is 0. The summed E-state index contributed by atoms with van der Waals surface area (Å²) in [7, 11) is 0.